The molecule has 0 unspecified atom stereocenters. The van der Waals surface area contributed by atoms with Crippen molar-refractivity contribution in [3.63, 3.8) is 0 Å². The van der Waals surface area contributed by atoms with Crippen molar-refractivity contribution in [1.82, 2.24) is 20.4 Å². The number of likely N-dealkylation sites (tertiary alicyclic amines) is 1. The maximum Gasteiger partial charge on any atom is 0.410 e. The lowest BCUT2D eigenvalue weighted by Gasteiger charge is -2.28. The second-order valence-electron chi connectivity index (χ2n) is 13.4. The number of primary amides is 1. The third-order valence-electron chi connectivity index (χ3n) is 8.39. The van der Waals surface area contributed by atoms with E-state index >= 15 is 0 Å². The molecule has 1 aliphatic carbocycles. The smallest absolute Gasteiger partial charge is 0.410 e. The molecule has 4 N–H and O–H groups in total. The highest BCUT2D eigenvalue weighted by molar-refractivity contribution is 5.91. The van der Waals surface area contributed by atoms with Gasteiger partial charge in [-0.2, -0.15) is 0 Å². The van der Waals surface area contributed by atoms with E-state index in [2.05, 4.69) is 10.6 Å². The van der Waals surface area contributed by atoms with Gasteiger partial charge in [-0.1, -0.05) is 36.6 Å². The Morgan fingerprint density at radius 3 is 2.52 bits per heavy atom. The van der Waals surface area contributed by atoms with Crippen LogP contribution in [0.3, 0.4) is 0 Å². The molecule has 2 aliphatic heterocycles. The van der Waals surface area contributed by atoms with Crippen molar-refractivity contribution in [3.8, 4) is 0 Å². The summed E-state index contributed by atoms with van der Waals surface area (Å²) < 4.78 is 49.8. The summed E-state index contributed by atoms with van der Waals surface area (Å²) in [4.78, 5) is 66.3. The van der Waals surface area contributed by atoms with Crippen molar-refractivity contribution in [1.29, 1.82) is 0 Å². The number of halogens is 3. The molecule has 264 valence electrons. The number of nitrogens with one attached hydrogen (secondary N) is 2. The maximum absolute atomic E-state index is 14.2. The van der Waals surface area contributed by atoms with Gasteiger partial charge in [0.25, 0.3) is 6.43 Å². The van der Waals surface area contributed by atoms with Gasteiger partial charge in [-0.05, 0) is 58.1 Å². The predicted molar refractivity (Wildman–Crippen MR) is 167 cm³/mol. The molecule has 3 aliphatic rings. The van der Waals surface area contributed by atoms with Crippen LogP contribution >= 0.6 is 0 Å². The second-order valence-corrected chi connectivity index (χ2v) is 13.4. The van der Waals surface area contributed by atoms with Gasteiger partial charge in [-0.25, -0.2) is 22.8 Å². The van der Waals surface area contributed by atoms with Crippen LogP contribution in [0.25, 0.3) is 0 Å². The number of carbonyl (C=O) groups excluding carboxylic acids is 5. The molecule has 0 spiro atoms. The lowest BCUT2D eigenvalue weighted by molar-refractivity contribution is -0.139. The van der Waals surface area contributed by atoms with E-state index in [1.54, 1.807) is 32.9 Å². The molecule has 0 aromatic heterocycles. The lowest BCUT2D eigenvalue weighted by atomic mass is 10.0. The minimum absolute atomic E-state index is 0.0308. The Morgan fingerprint density at radius 1 is 1.10 bits per heavy atom. The van der Waals surface area contributed by atoms with Crippen LogP contribution in [0.4, 0.5) is 22.8 Å². The number of amides is 5. The Balaban J connectivity index is 1.32. The normalized spacial score (nSPS) is 21.6. The van der Waals surface area contributed by atoms with Gasteiger partial charge in [0.05, 0.1) is 25.6 Å². The largest absolute Gasteiger partial charge is 0.444 e. The van der Waals surface area contributed by atoms with Crippen LogP contribution in [-0.2, 0) is 36.9 Å². The van der Waals surface area contributed by atoms with Crippen LogP contribution in [-0.4, -0.2) is 83.0 Å². The summed E-state index contributed by atoms with van der Waals surface area (Å²) in [5, 5.41) is 4.84. The van der Waals surface area contributed by atoms with Gasteiger partial charge in [0.2, 0.25) is 17.7 Å². The Kier molecular flexibility index (Phi) is 12.0. The zero-order chi connectivity index (χ0) is 35.2. The lowest BCUT2D eigenvalue weighted by Crippen LogP contribution is -2.53. The van der Waals surface area contributed by atoms with E-state index in [-0.39, 0.29) is 38.4 Å². The molecule has 15 heteroatoms. The van der Waals surface area contributed by atoms with Crippen LogP contribution in [0.1, 0.15) is 76.8 Å². The number of alkyl halides is 2. The van der Waals surface area contributed by atoms with Crippen LogP contribution in [0.15, 0.2) is 29.8 Å². The van der Waals surface area contributed by atoms with Gasteiger partial charge in [0, 0.05) is 18.5 Å². The van der Waals surface area contributed by atoms with E-state index in [0.29, 0.717) is 36.8 Å². The minimum atomic E-state index is -2.60. The molecule has 4 atom stereocenters. The number of unbranched alkanes of at least 4 members (excludes halogenated alkanes) is 3. The summed E-state index contributed by atoms with van der Waals surface area (Å²) in [5.41, 5.74) is 6.80. The summed E-state index contributed by atoms with van der Waals surface area (Å²) in [6, 6.07) is 2.47. The monoisotopic (exact) mass is 679 g/mol. The number of fused-ring (bicyclic) bond motifs is 1. The van der Waals surface area contributed by atoms with E-state index < -0.39 is 72.5 Å². The highest BCUT2D eigenvalue weighted by Crippen LogP contribution is 2.38. The van der Waals surface area contributed by atoms with Gasteiger partial charge in [0.15, 0.2) is 0 Å². The molecule has 12 nitrogen and oxygen atoms in total. The fourth-order valence-corrected chi connectivity index (χ4v) is 5.95. The molecule has 5 amide bonds. The zero-order valence-electron chi connectivity index (χ0n) is 27.4. The molecule has 0 radical (unpaired) electrons. The average Bonchev–Trinajstić information content (AvgIpc) is 3.42. The molecule has 1 saturated carbocycles. The van der Waals surface area contributed by atoms with Crippen molar-refractivity contribution >= 4 is 29.9 Å². The number of hydrogen-bond donors (Lipinski definition) is 3. The zero-order valence-corrected chi connectivity index (χ0v) is 27.4. The number of rotatable bonds is 13. The van der Waals surface area contributed by atoms with Crippen LogP contribution in [0.5, 0.6) is 0 Å². The van der Waals surface area contributed by atoms with Crippen LogP contribution in [0, 0.1) is 11.7 Å². The van der Waals surface area contributed by atoms with Crippen molar-refractivity contribution in [3.05, 3.63) is 46.8 Å². The molecule has 0 bridgehead atoms. The van der Waals surface area contributed by atoms with Gasteiger partial charge in [-0.15, -0.1) is 0 Å². The van der Waals surface area contributed by atoms with Crippen LogP contribution in [0.2, 0.25) is 0 Å². The van der Waals surface area contributed by atoms with Crippen molar-refractivity contribution in [2.75, 3.05) is 13.1 Å². The molecule has 1 aromatic rings. The Labute approximate surface area is 277 Å². The van der Waals surface area contributed by atoms with Crippen molar-refractivity contribution in [2.45, 2.75) is 109 Å². The van der Waals surface area contributed by atoms with Gasteiger partial charge in [-0.3, -0.25) is 19.3 Å². The summed E-state index contributed by atoms with van der Waals surface area (Å²) >= 11 is 0. The number of allylic oxidation sites excluding steroid dienone is 1. The molecule has 2 heterocycles. The van der Waals surface area contributed by atoms with E-state index in [9.17, 15) is 37.1 Å². The minimum Gasteiger partial charge on any atom is -0.444 e. The Morgan fingerprint density at radius 2 is 1.85 bits per heavy atom. The summed E-state index contributed by atoms with van der Waals surface area (Å²) in [6.07, 6.45) is 0.252. The first-order valence-electron chi connectivity index (χ1n) is 16.2. The first-order valence-corrected chi connectivity index (χ1v) is 16.2. The van der Waals surface area contributed by atoms with Crippen LogP contribution < -0.4 is 16.4 Å². The standard InChI is InChI=1S/C33H44F3N5O7/c1-33(2,3)48-31(45)39-25(12-7-5-4-6-9-19-13-22(19)29(43)38-15-27(35)36)30(44)41-17-21(14-26(41)28(37)42)47-32(46)40-16-20-10-8-11-24(34)23(20)18-40/h8-11,21-22,25-27H,4-7,12-18H2,1-3H3,(H2,37,42)(H,38,43)(H,39,45)/b19-9-/t21-,22+,25+,26+/m1/s1. The maximum atomic E-state index is 14.2. The molecule has 1 saturated heterocycles. The van der Waals surface area contributed by atoms with Gasteiger partial charge < -0.3 is 30.7 Å². The summed E-state index contributed by atoms with van der Waals surface area (Å²) in [7, 11) is 0. The third-order valence-corrected chi connectivity index (χ3v) is 8.39. The summed E-state index contributed by atoms with van der Waals surface area (Å²) in [6.45, 7) is 4.45. The van der Waals surface area contributed by atoms with Gasteiger partial charge >= 0.3 is 12.2 Å². The van der Waals surface area contributed by atoms with E-state index in [1.165, 1.54) is 15.9 Å². The highest BCUT2D eigenvalue weighted by Gasteiger charge is 2.43. The number of ether oxygens (including phenoxy) is 2. The van der Waals surface area contributed by atoms with Gasteiger partial charge in [0.1, 0.15) is 29.6 Å². The topological polar surface area (TPSA) is 160 Å². The highest BCUT2D eigenvalue weighted by atomic mass is 19.3. The van der Waals surface area contributed by atoms with Crippen molar-refractivity contribution < 1.29 is 46.6 Å². The Hall–Kier alpha value is -4.30. The number of carbonyl (C=O) groups is 5. The number of nitrogens with two attached hydrogens (primary N) is 1. The van der Waals surface area contributed by atoms with E-state index in [1.807, 2.05) is 6.08 Å². The number of nitrogens with zero attached hydrogens (tertiary/aromatic N) is 2. The summed E-state index contributed by atoms with van der Waals surface area (Å²) in [5.74, 6) is -2.54. The number of alkyl carbamates (subject to hydrolysis) is 1. The second kappa shape index (κ2) is 15.7. The van der Waals surface area contributed by atoms with E-state index in [0.717, 1.165) is 12.0 Å². The molecular weight excluding hydrogens is 635 g/mol. The number of hydrogen-bond acceptors (Lipinski definition) is 7. The average molecular weight is 680 g/mol. The van der Waals surface area contributed by atoms with E-state index in [4.69, 9.17) is 15.2 Å². The molecular formula is C33H44F3N5O7. The third kappa shape index (κ3) is 10.1. The first-order chi connectivity index (χ1) is 22.6. The molecule has 4 rings (SSSR count). The molecule has 2 fully saturated rings. The Bertz CT molecular complexity index is 1420. The quantitative estimate of drug-likeness (QED) is 0.211. The SMILES string of the molecule is CC(C)(C)OC(=O)N[C@@H](CCCCC/C=C1/C[C@@H]1C(=O)NCC(F)F)C(=O)N1C[C@H](OC(=O)N2Cc3cccc(F)c3C2)C[C@H]1C(N)=O. The fourth-order valence-electron chi connectivity index (χ4n) is 5.95. The predicted octanol–water partition coefficient (Wildman–Crippen LogP) is 3.90. The number of benzene rings is 1. The molecule has 1 aromatic carbocycles. The first kappa shape index (κ1) is 36.5. The molecule has 48 heavy (non-hydrogen) atoms. The fraction of sp³-hybridized carbons (Fsp3) is 0.606. The van der Waals surface area contributed by atoms with Crippen molar-refractivity contribution in [2.24, 2.45) is 11.7 Å².